The molecule has 0 amide bonds. The minimum atomic E-state index is 0.358. The summed E-state index contributed by atoms with van der Waals surface area (Å²) in [4.78, 5) is 0. The molecular formula is C16H17NO. The fraction of sp³-hybridized carbons (Fsp3) is 0.250. The average molecular weight is 239 g/mol. The molecule has 92 valence electrons. The predicted octanol–water partition coefficient (Wildman–Crippen LogP) is 2.94. The van der Waals surface area contributed by atoms with Crippen LogP contribution >= 0.6 is 0 Å². The van der Waals surface area contributed by atoms with Crippen molar-refractivity contribution < 1.29 is 4.74 Å². The van der Waals surface area contributed by atoms with Crippen LogP contribution in [0.25, 0.3) is 10.8 Å². The van der Waals surface area contributed by atoms with Gasteiger partial charge in [-0.2, -0.15) is 0 Å². The second kappa shape index (κ2) is 6.09. The topological polar surface area (TPSA) is 35.2 Å². The maximum absolute atomic E-state index is 5.75. The van der Waals surface area contributed by atoms with Crippen LogP contribution in [0.1, 0.15) is 18.9 Å². The maximum atomic E-state index is 5.75. The van der Waals surface area contributed by atoms with Gasteiger partial charge in [0.25, 0.3) is 0 Å². The highest BCUT2D eigenvalue weighted by Crippen LogP contribution is 2.27. The lowest BCUT2D eigenvalue weighted by Gasteiger charge is -2.09. The first-order valence-corrected chi connectivity index (χ1v) is 6.20. The maximum Gasteiger partial charge on any atom is 0.135 e. The number of fused-ring (bicyclic) bond motifs is 1. The Kier molecular flexibility index (Phi) is 4.22. The number of nitrogens with two attached hydrogens (primary N) is 1. The van der Waals surface area contributed by atoms with E-state index < -0.39 is 0 Å². The van der Waals surface area contributed by atoms with E-state index in [-0.39, 0.29) is 0 Å². The van der Waals surface area contributed by atoms with Gasteiger partial charge < -0.3 is 10.5 Å². The fourth-order valence-electron chi connectivity index (χ4n) is 1.85. The van der Waals surface area contributed by atoms with Crippen molar-refractivity contribution in [2.24, 2.45) is 5.73 Å². The van der Waals surface area contributed by atoms with Crippen molar-refractivity contribution in [3.63, 3.8) is 0 Å². The van der Waals surface area contributed by atoms with Gasteiger partial charge in [0.15, 0.2) is 0 Å². The standard InChI is InChI=1S/C16H17NO/c1-2-12-18-16-10-9-13-6-3-4-7-14(13)15(16)8-5-11-17/h3-4,6-7,9-10H,2,11-12,17H2,1H3. The van der Waals surface area contributed by atoms with E-state index in [1.165, 1.54) is 5.39 Å². The zero-order valence-electron chi connectivity index (χ0n) is 10.6. The third-order valence-corrected chi connectivity index (χ3v) is 2.67. The van der Waals surface area contributed by atoms with Crippen LogP contribution in [-0.4, -0.2) is 13.2 Å². The van der Waals surface area contributed by atoms with Crippen molar-refractivity contribution in [2.45, 2.75) is 13.3 Å². The van der Waals surface area contributed by atoms with Gasteiger partial charge in [0.1, 0.15) is 5.75 Å². The largest absolute Gasteiger partial charge is 0.492 e. The molecular weight excluding hydrogens is 222 g/mol. The summed E-state index contributed by atoms with van der Waals surface area (Å²) in [7, 11) is 0. The molecule has 2 nitrogen and oxygen atoms in total. The van der Waals surface area contributed by atoms with Crippen LogP contribution in [0, 0.1) is 11.8 Å². The average Bonchev–Trinajstić information content (AvgIpc) is 2.43. The number of hydrogen-bond donors (Lipinski definition) is 1. The molecule has 0 atom stereocenters. The van der Waals surface area contributed by atoms with Gasteiger partial charge in [-0.05, 0) is 17.9 Å². The van der Waals surface area contributed by atoms with Crippen LogP contribution in [0.4, 0.5) is 0 Å². The minimum absolute atomic E-state index is 0.358. The summed E-state index contributed by atoms with van der Waals surface area (Å²) in [6.45, 7) is 3.15. The fourth-order valence-corrected chi connectivity index (χ4v) is 1.85. The second-order valence-electron chi connectivity index (χ2n) is 4.01. The third kappa shape index (κ3) is 2.64. The summed E-state index contributed by atoms with van der Waals surface area (Å²) in [5, 5.41) is 2.29. The van der Waals surface area contributed by atoms with E-state index in [1.807, 2.05) is 18.2 Å². The van der Waals surface area contributed by atoms with E-state index in [9.17, 15) is 0 Å². The Morgan fingerprint density at radius 1 is 1.17 bits per heavy atom. The Morgan fingerprint density at radius 2 is 2.00 bits per heavy atom. The van der Waals surface area contributed by atoms with E-state index in [2.05, 4.69) is 37.0 Å². The summed E-state index contributed by atoms with van der Waals surface area (Å²) in [6, 6.07) is 12.2. The molecule has 0 aliphatic carbocycles. The van der Waals surface area contributed by atoms with Gasteiger partial charge in [0, 0.05) is 5.39 Å². The van der Waals surface area contributed by atoms with Crippen LogP contribution in [-0.2, 0) is 0 Å². The van der Waals surface area contributed by atoms with Gasteiger partial charge in [-0.15, -0.1) is 0 Å². The molecule has 2 heteroatoms. The number of rotatable bonds is 3. The van der Waals surface area contributed by atoms with Gasteiger partial charge >= 0.3 is 0 Å². The summed E-state index contributed by atoms with van der Waals surface area (Å²) in [5.74, 6) is 6.88. The minimum Gasteiger partial charge on any atom is -0.492 e. The normalized spacial score (nSPS) is 9.89. The molecule has 0 saturated heterocycles. The molecule has 2 aromatic carbocycles. The summed E-state index contributed by atoms with van der Waals surface area (Å²) in [6.07, 6.45) is 0.983. The Bertz CT molecular complexity index is 593. The van der Waals surface area contributed by atoms with Crippen LogP contribution < -0.4 is 10.5 Å². The van der Waals surface area contributed by atoms with Crippen molar-refractivity contribution in [3.8, 4) is 17.6 Å². The lowest BCUT2D eigenvalue weighted by atomic mass is 10.0. The highest BCUT2D eigenvalue weighted by atomic mass is 16.5. The van der Waals surface area contributed by atoms with E-state index in [4.69, 9.17) is 10.5 Å². The lowest BCUT2D eigenvalue weighted by molar-refractivity contribution is 0.317. The van der Waals surface area contributed by atoms with Gasteiger partial charge in [0.05, 0.1) is 18.7 Å². The van der Waals surface area contributed by atoms with E-state index in [0.717, 1.165) is 23.1 Å². The molecule has 0 aromatic heterocycles. The molecule has 0 unspecified atom stereocenters. The zero-order valence-corrected chi connectivity index (χ0v) is 10.6. The lowest BCUT2D eigenvalue weighted by Crippen LogP contribution is -1.98. The molecule has 2 rings (SSSR count). The highest BCUT2D eigenvalue weighted by molar-refractivity contribution is 5.90. The highest BCUT2D eigenvalue weighted by Gasteiger charge is 2.06. The van der Waals surface area contributed by atoms with E-state index >= 15 is 0 Å². The Labute approximate surface area is 108 Å². The van der Waals surface area contributed by atoms with Crippen molar-refractivity contribution in [3.05, 3.63) is 42.0 Å². The molecule has 2 aromatic rings. The summed E-state index contributed by atoms with van der Waals surface area (Å²) in [5.41, 5.74) is 6.39. The number of benzene rings is 2. The third-order valence-electron chi connectivity index (χ3n) is 2.67. The predicted molar refractivity (Wildman–Crippen MR) is 75.7 cm³/mol. The molecule has 0 fully saturated rings. The number of ether oxygens (including phenoxy) is 1. The SMILES string of the molecule is CCCOc1ccc2ccccc2c1C#CCN. The van der Waals surface area contributed by atoms with Crippen LogP contribution in [0.5, 0.6) is 5.75 Å². The monoisotopic (exact) mass is 239 g/mol. The molecule has 0 aliphatic heterocycles. The first-order chi connectivity index (χ1) is 8.86. The zero-order chi connectivity index (χ0) is 12.8. The molecule has 18 heavy (non-hydrogen) atoms. The first-order valence-electron chi connectivity index (χ1n) is 6.20. The quantitative estimate of drug-likeness (QED) is 0.836. The van der Waals surface area contributed by atoms with Gasteiger partial charge in [-0.25, -0.2) is 0 Å². The summed E-state index contributed by atoms with van der Waals surface area (Å²) >= 11 is 0. The van der Waals surface area contributed by atoms with Gasteiger partial charge in [0.2, 0.25) is 0 Å². The molecule has 0 aliphatic rings. The van der Waals surface area contributed by atoms with Gasteiger partial charge in [-0.3, -0.25) is 0 Å². The molecule has 0 bridgehead atoms. The van der Waals surface area contributed by atoms with Crippen LogP contribution in [0.3, 0.4) is 0 Å². The molecule has 0 spiro atoms. The molecule has 0 heterocycles. The van der Waals surface area contributed by atoms with Crippen molar-refractivity contribution in [1.29, 1.82) is 0 Å². The van der Waals surface area contributed by atoms with Crippen LogP contribution in [0.2, 0.25) is 0 Å². The molecule has 0 saturated carbocycles. The Hall–Kier alpha value is -1.98. The van der Waals surface area contributed by atoms with Crippen molar-refractivity contribution in [1.82, 2.24) is 0 Å². The van der Waals surface area contributed by atoms with E-state index in [1.54, 1.807) is 0 Å². The molecule has 2 N–H and O–H groups in total. The summed E-state index contributed by atoms with van der Waals surface area (Å²) < 4.78 is 5.75. The van der Waals surface area contributed by atoms with Crippen LogP contribution in [0.15, 0.2) is 36.4 Å². The second-order valence-corrected chi connectivity index (χ2v) is 4.01. The first kappa shape index (κ1) is 12.5. The van der Waals surface area contributed by atoms with Crippen molar-refractivity contribution in [2.75, 3.05) is 13.2 Å². The van der Waals surface area contributed by atoms with Crippen molar-refractivity contribution >= 4 is 10.8 Å². The smallest absolute Gasteiger partial charge is 0.135 e. The van der Waals surface area contributed by atoms with E-state index in [0.29, 0.717) is 13.2 Å². The Balaban J connectivity index is 2.55. The Morgan fingerprint density at radius 3 is 2.78 bits per heavy atom. The molecule has 0 radical (unpaired) electrons. The number of hydrogen-bond acceptors (Lipinski definition) is 2. The van der Waals surface area contributed by atoms with Gasteiger partial charge in [-0.1, -0.05) is 49.1 Å².